The quantitative estimate of drug-likeness (QED) is 0.574. The Hall–Kier alpha value is -2.62. The highest BCUT2D eigenvalue weighted by Crippen LogP contribution is 2.26. The fourth-order valence-electron chi connectivity index (χ4n) is 2.36. The minimum Gasteiger partial charge on any atom is -0.484 e. The highest BCUT2D eigenvalue weighted by molar-refractivity contribution is 7.94. The Balaban J connectivity index is 1.60. The summed E-state index contributed by atoms with van der Waals surface area (Å²) >= 11 is 6.92. The summed E-state index contributed by atoms with van der Waals surface area (Å²) in [4.78, 5) is 12.0. The van der Waals surface area contributed by atoms with E-state index in [9.17, 15) is 17.6 Å². The van der Waals surface area contributed by atoms with Crippen LogP contribution >= 0.6 is 22.9 Å². The molecule has 0 aliphatic heterocycles. The lowest BCUT2D eigenvalue weighted by atomic mass is 10.3. The van der Waals surface area contributed by atoms with Gasteiger partial charge in [0.25, 0.3) is 15.9 Å². The van der Waals surface area contributed by atoms with Gasteiger partial charge in [0.05, 0.1) is 11.4 Å². The van der Waals surface area contributed by atoms with E-state index in [1.54, 1.807) is 35.7 Å². The van der Waals surface area contributed by atoms with Crippen LogP contribution in [0, 0.1) is 5.82 Å². The third kappa shape index (κ3) is 5.06. The number of hydrogen-bond donors (Lipinski definition) is 1. The van der Waals surface area contributed by atoms with Gasteiger partial charge in [-0.2, -0.15) is 0 Å². The number of amides is 1. The fourth-order valence-corrected chi connectivity index (χ4v) is 4.89. The van der Waals surface area contributed by atoms with Crippen LogP contribution in [0.3, 0.4) is 0 Å². The molecule has 0 spiro atoms. The number of carbonyl (C=O) groups is 1. The first kappa shape index (κ1) is 21.1. The molecule has 1 heterocycles. The zero-order valence-corrected chi connectivity index (χ0v) is 17.5. The number of carbonyl (C=O) groups excluding carboxylic acids is 1. The van der Waals surface area contributed by atoms with Gasteiger partial charge in [-0.1, -0.05) is 17.7 Å². The largest absolute Gasteiger partial charge is 0.484 e. The number of nitrogens with zero attached hydrogens (tertiary/aromatic N) is 1. The van der Waals surface area contributed by atoms with E-state index in [0.29, 0.717) is 16.5 Å². The van der Waals surface area contributed by atoms with E-state index in [-0.39, 0.29) is 16.5 Å². The molecule has 0 aliphatic rings. The molecule has 152 valence electrons. The van der Waals surface area contributed by atoms with Crippen molar-refractivity contribution < 1.29 is 22.3 Å². The van der Waals surface area contributed by atoms with Crippen molar-refractivity contribution in [1.82, 2.24) is 0 Å². The molecule has 0 saturated carbocycles. The maximum Gasteiger partial charge on any atom is 0.273 e. The highest BCUT2D eigenvalue weighted by atomic mass is 35.5. The van der Waals surface area contributed by atoms with Crippen LogP contribution in [0.5, 0.6) is 5.75 Å². The van der Waals surface area contributed by atoms with Gasteiger partial charge >= 0.3 is 0 Å². The normalized spacial score (nSPS) is 11.1. The van der Waals surface area contributed by atoms with Crippen LogP contribution in [0.4, 0.5) is 15.8 Å². The topological polar surface area (TPSA) is 75.7 Å². The zero-order chi connectivity index (χ0) is 21.0. The fraction of sp³-hybridized carbons (Fsp3) is 0.105. The number of halogens is 2. The van der Waals surface area contributed by atoms with Crippen molar-refractivity contribution >= 4 is 50.2 Å². The molecule has 0 bridgehead atoms. The lowest BCUT2D eigenvalue weighted by molar-refractivity contribution is -0.118. The van der Waals surface area contributed by atoms with Gasteiger partial charge < -0.3 is 10.1 Å². The molecular formula is C19H16ClFN2O4S2. The van der Waals surface area contributed by atoms with Crippen LogP contribution in [0.15, 0.2) is 64.2 Å². The second-order valence-electron chi connectivity index (χ2n) is 5.86. The molecule has 0 fully saturated rings. The van der Waals surface area contributed by atoms with Crippen LogP contribution in [0.25, 0.3) is 0 Å². The van der Waals surface area contributed by atoms with Crippen LogP contribution in [-0.4, -0.2) is 28.0 Å². The summed E-state index contributed by atoms with van der Waals surface area (Å²) in [7, 11) is -2.17. The molecule has 0 aliphatic carbocycles. The van der Waals surface area contributed by atoms with E-state index >= 15 is 0 Å². The summed E-state index contributed by atoms with van der Waals surface area (Å²) in [6, 6.07) is 13.3. The van der Waals surface area contributed by atoms with Crippen LogP contribution < -0.4 is 14.4 Å². The third-order valence-corrected chi connectivity index (χ3v) is 7.28. The van der Waals surface area contributed by atoms with Gasteiger partial charge in [-0.25, -0.2) is 12.8 Å². The molecule has 1 aromatic heterocycles. The molecule has 3 rings (SSSR count). The predicted octanol–water partition coefficient (Wildman–Crippen LogP) is 4.38. The molecule has 1 amide bonds. The monoisotopic (exact) mass is 454 g/mol. The third-order valence-electron chi connectivity index (χ3n) is 3.88. The zero-order valence-electron chi connectivity index (χ0n) is 15.1. The first-order valence-corrected chi connectivity index (χ1v) is 11.0. The number of sulfonamides is 1. The Morgan fingerprint density at radius 1 is 1.21 bits per heavy atom. The van der Waals surface area contributed by atoms with E-state index in [4.69, 9.17) is 16.3 Å². The maximum atomic E-state index is 13.6. The number of anilines is 2. The second kappa shape index (κ2) is 8.81. The second-order valence-corrected chi connectivity index (χ2v) is 9.44. The molecule has 0 atom stereocenters. The van der Waals surface area contributed by atoms with Crippen molar-refractivity contribution in [3.8, 4) is 5.75 Å². The Morgan fingerprint density at radius 2 is 1.93 bits per heavy atom. The average molecular weight is 455 g/mol. The maximum absolute atomic E-state index is 13.6. The number of benzene rings is 2. The summed E-state index contributed by atoms with van der Waals surface area (Å²) < 4.78 is 45.5. The number of ether oxygens (including phenoxy) is 1. The first-order valence-electron chi connectivity index (χ1n) is 8.27. The van der Waals surface area contributed by atoms with Crippen molar-refractivity contribution in [3.63, 3.8) is 0 Å². The molecule has 10 heteroatoms. The molecule has 6 nitrogen and oxygen atoms in total. The Kier molecular flexibility index (Phi) is 6.41. The van der Waals surface area contributed by atoms with Crippen molar-refractivity contribution in [3.05, 3.63) is 70.8 Å². The van der Waals surface area contributed by atoms with Gasteiger partial charge in [0, 0.05) is 12.1 Å². The number of thiophene rings is 1. The standard InChI is InChI=1S/C19H16ClFN2O4S2/c1-23(29(25,26)19-3-2-10-28-19)14-5-7-15(8-6-14)27-12-18(24)22-17-11-13(20)4-9-16(17)21/h2-11H,12H2,1H3,(H,22,24). The van der Waals surface area contributed by atoms with Crippen LogP contribution in [0.1, 0.15) is 0 Å². The van der Waals surface area contributed by atoms with E-state index < -0.39 is 21.7 Å². The van der Waals surface area contributed by atoms with Crippen molar-refractivity contribution in [2.75, 3.05) is 23.3 Å². The van der Waals surface area contributed by atoms with Gasteiger partial charge in [-0.15, -0.1) is 11.3 Å². The minimum absolute atomic E-state index is 0.0399. The van der Waals surface area contributed by atoms with Gasteiger partial charge in [0.1, 0.15) is 15.8 Å². The molecule has 0 saturated heterocycles. The summed E-state index contributed by atoms with van der Waals surface area (Å²) in [6.07, 6.45) is 0. The molecular weight excluding hydrogens is 439 g/mol. The first-order chi connectivity index (χ1) is 13.8. The van der Waals surface area contributed by atoms with E-state index in [2.05, 4.69) is 5.32 Å². The highest BCUT2D eigenvalue weighted by Gasteiger charge is 2.22. The molecule has 0 unspecified atom stereocenters. The molecule has 2 aromatic carbocycles. The predicted molar refractivity (Wildman–Crippen MR) is 112 cm³/mol. The van der Waals surface area contributed by atoms with Gasteiger partial charge in [0.15, 0.2) is 6.61 Å². The Bertz CT molecular complexity index is 1100. The van der Waals surface area contributed by atoms with E-state index in [1.165, 1.54) is 25.2 Å². The van der Waals surface area contributed by atoms with Crippen molar-refractivity contribution in [2.45, 2.75) is 4.21 Å². The van der Waals surface area contributed by atoms with Crippen molar-refractivity contribution in [2.24, 2.45) is 0 Å². The van der Waals surface area contributed by atoms with E-state index in [1.807, 2.05) is 0 Å². The average Bonchev–Trinajstić information content (AvgIpc) is 3.25. The van der Waals surface area contributed by atoms with Gasteiger partial charge in [-0.05, 0) is 53.9 Å². The minimum atomic E-state index is -3.63. The van der Waals surface area contributed by atoms with Gasteiger partial charge in [-0.3, -0.25) is 9.10 Å². The van der Waals surface area contributed by atoms with Gasteiger partial charge in [0.2, 0.25) is 0 Å². The molecule has 29 heavy (non-hydrogen) atoms. The SMILES string of the molecule is CN(c1ccc(OCC(=O)Nc2cc(Cl)ccc2F)cc1)S(=O)(=O)c1cccs1. The summed E-state index contributed by atoms with van der Waals surface area (Å²) in [5.74, 6) is -0.813. The number of hydrogen-bond acceptors (Lipinski definition) is 5. The Labute approximate surface area is 176 Å². The molecule has 0 radical (unpaired) electrons. The molecule has 3 aromatic rings. The van der Waals surface area contributed by atoms with Crippen molar-refractivity contribution in [1.29, 1.82) is 0 Å². The van der Waals surface area contributed by atoms with E-state index in [0.717, 1.165) is 21.7 Å². The smallest absolute Gasteiger partial charge is 0.273 e. The van der Waals surface area contributed by atoms with Crippen LogP contribution in [0.2, 0.25) is 5.02 Å². The lowest BCUT2D eigenvalue weighted by Gasteiger charge is -2.18. The number of rotatable bonds is 7. The summed E-state index contributed by atoms with van der Waals surface area (Å²) in [5, 5.41) is 4.36. The Morgan fingerprint density at radius 3 is 2.59 bits per heavy atom. The van der Waals surface area contributed by atoms with Crippen LogP contribution in [-0.2, 0) is 14.8 Å². The lowest BCUT2D eigenvalue weighted by Crippen LogP contribution is -2.25. The summed E-state index contributed by atoms with van der Waals surface area (Å²) in [5.41, 5.74) is 0.401. The molecule has 1 N–H and O–H groups in total. The number of nitrogens with one attached hydrogen (secondary N) is 1. The summed E-state index contributed by atoms with van der Waals surface area (Å²) in [6.45, 7) is -0.353.